The fourth-order valence-electron chi connectivity index (χ4n) is 3.16. The number of carbonyl (C=O) groups is 1. The van der Waals surface area contributed by atoms with Crippen LogP contribution in [0.1, 0.15) is 15.9 Å². The van der Waals surface area contributed by atoms with Gasteiger partial charge in [-0.05, 0) is 37.3 Å². The van der Waals surface area contributed by atoms with Crippen LogP contribution in [0.4, 0.5) is 10.1 Å². The van der Waals surface area contributed by atoms with Crippen LogP contribution in [0.25, 0.3) is 21.8 Å². The summed E-state index contributed by atoms with van der Waals surface area (Å²) in [5.74, 6) is -1.81. The SMILES string of the molecule is Cc1c(F)cccc1NS(=O)(=O)c1ccc2[nH]c(=O)c3[nH]cc(C(=O)O)c3c2c1. The van der Waals surface area contributed by atoms with Crippen molar-refractivity contribution < 1.29 is 22.7 Å². The number of H-pyrrole nitrogens is 2. The zero-order valence-corrected chi connectivity index (χ0v) is 15.7. The molecule has 0 spiro atoms. The van der Waals surface area contributed by atoms with Crippen LogP contribution in [-0.4, -0.2) is 29.5 Å². The summed E-state index contributed by atoms with van der Waals surface area (Å²) in [7, 11) is -4.11. The molecule has 0 saturated heterocycles. The molecule has 8 nitrogen and oxygen atoms in total. The summed E-state index contributed by atoms with van der Waals surface area (Å²) < 4.78 is 41.7. The number of hydrogen-bond acceptors (Lipinski definition) is 4. The van der Waals surface area contributed by atoms with Crippen LogP contribution in [0.15, 0.2) is 52.3 Å². The van der Waals surface area contributed by atoms with Crippen molar-refractivity contribution in [3.63, 3.8) is 0 Å². The summed E-state index contributed by atoms with van der Waals surface area (Å²) >= 11 is 0. The average Bonchev–Trinajstić information content (AvgIpc) is 3.11. The van der Waals surface area contributed by atoms with E-state index in [0.717, 1.165) is 0 Å². The molecule has 0 atom stereocenters. The summed E-state index contributed by atoms with van der Waals surface area (Å²) in [5, 5.41) is 9.76. The Balaban J connectivity index is 1.93. The largest absolute Gasteiger partial charge is 0.478 e. The lowest BCUT2D eigenvalue weighted by atomic mass is 10.1. The molecule has 0 unspecified atom stereocenters. The first kappa shape index (κ1) is 18.7. The van der Waals surface area contributed by atoms with Crippen molar-refractivity contribution in [2.45, 2.75) is 11.8 Å². The van der Waals surface area contributed by atoms with Gasteiger partial charge in [-0.15, -0.1) is 0 Å². The van der Waals surface area contributed by atoms with Crippen LogP contribution >= 0.6 is 0 Å². The van der Waals surface area contributed by atoms with Crippen LogP contribution in [0.2, 0.25) is 0 Å². The molecule has 0 aliphatic rings. The van der Waals surface area contributed by atoms with Gasteiger partial charge in [0.1, 0.15) is 11.3 Å². The van der Waals surface area contributed by atoms with Crippen molar-refractivity contribution >= 4 is 43.5 Å². The quantitative estimate of drug-likeness (QED) is 0.407. The Hall–Kier alpha value is -3.66. The van der Waals surface area contributed by atoms with E-state index in [1.807, 2.05) is 0 Å². The first-order chi connectivity index (χ1) is 13.7. The van der Waals surface area contributed by atoms with Gasteiger partial charge in [0, 0.05) is 28.0 Å². The zero-order chi connectivity index (χ0) is 20.9. The van der Waals surface area contributed by atoms with Gasteiger partial charge in [0.15, 0.2) is 0 Å². The minimum Gasteiger partial charge on any atom is -0.478 e. The topological polar surface area (TPSA) is 132 Å². The van der Waals surface area contributed by atoms with Crippen LogP contribution in [-0.2, 0) is 10.0 Å². The molecule has 29 heavy (non-hydrogen) atoms. The number of pyridine rings is 1. The number of aromatic nitrogens is 2. The van der Waals surface area contributed by atoms with Crippen molar-refractivity contribution in [3.05, 3.63) is 69.9 Å². The third kappa shape index (κ3) is 3.03. The van der Waals surface area contributed by atoms with Crippen LogP contribution in [0.5, 0.6) is 0 Å². The maximum absolute atomic E-state index is 13.7. The van der Waals surface area contributed by atoms with E-state index in [9.17, 15) is 27.5 Å². The number of halogens is 1. The Morgan fingerprint density at radius 2 is 1.97 bits per heavy atom. The highest BCUT2D eigenvalue weighted by Gasteiger charge is 2.20. The van der Waals surface area contributed by atoms with Crippen LogP contribution in [0.3, 0.4) is 0 Å². The van der Waals surface area contributed by atoms with E-state index >= 15 is 0 Å². The van der Waals surface area contributed by atoms with Gasteiger partial charge < -0.3 is 15.1 Å². The molecule has 148 valence electrons. The first-order valence-electron chi connectivity index (χ1n) is 8.37. The van der Waals surface area contributed by atoms with Crippen molar-refractivity contribution in [2.24, 2.45) is 0 Å². The Morgan fingerprint density at radius 1 is 1.21 bits per heavy atom. The van der Waals surface area contributed by atoms with Gasteiger partial charge in [0.25, 0.3) is 15.6 Å². The number of sulfonamides is 1. The summed E-state index contributed by atoms with van der Waals surface area (Å²) in [5.41, 5.74) is -0.139. The minimum atomic E-state index is -4.11. The number of fused-ring (bicyclic) bond motifs is 3. The van der Waals surface area contributed by atoms with Gasteiger partial charge in [-0.25, -0.2) is 17.6 Å². The molecule has 10 heteroatoms. The molecule has 0 radical (unpaired) electrons. The van der Waals surface area contributed by atoms with Crippen LogP contribution in [0, 0.1) is 12.7 Å². The summed E-state index contributed by atoms with van der Waals surface area (Å²) in [4.78, 5) is 28.7. The number of nitrogens with one attached hydrogen (secondary N) is 3. The average molecular weight is 415 g/mol. The fraction of sp³-hybridized carbons (Fsp3) is 0.0526. The highest BCUT2D eigenvalue weighted by Crippen LogP contribution is 2.28. The second kappa shape index (κ2) is 6.45. The predicted molar refractivity (Wildman–Crippen MR) is 105 cm³/mol. The molecular formula is C19H14FN3O5S. The van der Waals surface area contributed by atoms with E-state index in [-0.39, 0.29) is 43.5 Å². The molecule has 0 saturated carbocycles. The van der Waals surface area contributed by atoms with Gasteiger partial charge in [0.05, 0.1) is 16.1 Å². The summed E-state index contributed by atoms with van der Waals surface area (Å²) in [6.45, 7) is 1.45. The van der Waals surface area contributed by atoms with E-state index in [2.05, 4.69) is 14.7 Å². The molecule has 0 fully saturated rings. The van der Waals surface area contributed by atoms with Gasteiger partial charge in [-0.2, -0.15) is 0 Å². The number of hydrogen-bond donors (Lipinski definition) is 4. The monoisotopic (exact) mass is 415 g/mol. The van der Waals surface area contributed by atoms with E-state index in [0.29, 0.717) is 0 Å². The Morgan fingerprint density at radius 3 is 2.69 bits per heavy atom. The molecule has 4 rings (SSSR count). The van der Waals surface area contributed by atoms with E-state index in [1.165, 1.54) is 49.5 Å². The molecule has 2 aromatic heterocycles. The number of benzene rings is 2. The van der Waals surface area contributed by atoms with E-state index in [1.54, 1.807) is 0 Å². The second-order valence-corrected chi connectivity index (χ2v) is 8.12. The van der Waals surface area contributed by atoms with Crippen molar-refractivity contribution in [1.29, 1.82) is 0 Å². The molecule has 2 aromatic carbocycles. The summed E-state index contributed by atoms with van der Waals surface area (Å²) in [6, 6.07) is 7.95. The Bertz CT molecular complexity index is 1470. The predicted octanol–water partition coefficient (Wildman–Crippen LogP) is 2.96. The molecule has 0 aliphatic carbocycles. The lowest BCUT2D eigenvalue weighted by Gasteiger charge is -2.12. The number of anilines is 1. The Kier molecular flexibility index (Phi) is 4.16. The van der Waals surface area contributed by atoms with Gasteiger partial charge >= 0.3 is 5.97 Å². The van der Waals surface area contributed by atoms with Gasteiger partial charge in [-0.3, -0.25) is 9.52 Å². The van der Waals surface area contributed by atoms with Gasteiger partial charge in [0.2, 0.25) is 0 Å². The maximum atomic E-state index is 13.7. The molecule has 0 amide bonds. The summed E-state index contributed by atoms with van der Waals surface area (Å²) in [6.07, 6.45) is 1.18. The molecular weight excluding hydrogens is 401 g/mol. The second-order valence-electron chi connectivity index (χ2n) is 6.44. The highest BCUT2D eigenvalue weighted by atomic mass is 32.2. The number of rotatable bonds is 4. The molecule has 0 bridgehead atoms. The van der Waals surface area contributed by atoms with Crippen LogP contribution < -0.4 is 10.3 Å². The number of aromatic carboxylic acids is 1. The zero-order valence-electron chi connectivity index (χ0n) is 14.9. The third-order valence-electron chi connectivity index (χ3n) is 4.67. The lowest BCUT2D eigenvalue weighted by molar-refractivity contribution is 0.0699. The molecule has 4 N–H and O–H groups in total. The van der Waals surface area contributed by atoms with Crippen molar-refractivity contribution in [1.82, 2.24) is 9.97 Å². The first-order valence-corrected chi connectivity index (χ1v) is 9.85. The standard InChI is InChI=1S/C19H14FN3O5S/c1-9-13(20)3-2-4-14(9)23-29(27,28)10-5-6-15-11(7-10)16-12(19(25)26)8-21-17(16)18(24)22-15/h2-8,21,23H,1H3,(H,22,24)(H,25,26). The number of carboxylic acid groups (broad SMARTS) is 1. The molecule has 2 heterocycles. The van der Waals surface area contributed by atoms with Crippen molar-refractivity contribution in [2.75, 3.05) is 4.72 Å². The molecule has 0 aliphatic heterocycles. The smallest absolute Gasteiger partial charge is 0.337 e. The number of aromatic amines is 2. The Labute approximate surface area is 163 Å². The van der Waals surface area contributed by atoms with E-state index < -0.39 is 27.4 Å². The fourth-order valence-corrected chi connectivity index (χ4v) is 4.31. The lowest BCUT2D eigenvalue weighted by Crippen LogP contribution is -2.14. The van der Waals surface area contributed by atoms with Gasteiger partial charge in [-0.1, -0.05) is 6.07 Å². The van der Waals surface area contributed by atoms with Crippen molar-refractivity contribution in [3.8, 4) is 0 Å². The van der Waals surface area contributed by atoms with E-state index in [4.69, 9.17) is 0 Å². The number of carboxylic acids is 1. The normalized spacial score (nSPS) is 11.8. The molecule has 4 aromatic rings. The maximum Gasteiger partial charge on any atom is 0.337 e. The highest BCUT2D eigenvalue weighted by molar-refractivity contribution is 7.92. The third-order valence-corrected chi connectivity index (χ3v) is 6.03. The minimum absolute atomic E-state index is 0.0263.